The minimum absolute atomic E-state index is 0.00462. The predicted octanol–water partition coefficient (Wildman–Crippen LogP) is 4.53. The van der Waals surface area contributed by atoms with E-state index in [9.17, 15) is 13.2 Å². The summed E-state index contributed by atoms with van der Waals surface area (Å²) in [6, 6.07) is 11.2. The van der Waals surface area contributed by atoms with Crippen LogP contribution in [0.1, 0.15) is 35.2 Å². The summed E-state index contributed by atoms with van der Waals surface area (Å²) in [4.78, 5) is 12.3. The van der Waals surface area contributed by atoms with Gasteiger partial charge in [0, 0.05) is 23.7 Å². The molecule has 0 aliphatic carbocycles. The van der Waals surface area contributed by atoms with E-state index in [2.05, 4.69) is 0 Å². The van der Waals surface area contributed by atoms with Crippen LogP contribution in [0.25, 0.3) is 0 Å². The summed E-state index contributed by atoms with van der Waals surface area (Å²) in [5.74, 6) is -0.637. The molecule has 1 aliphatic rings. The van der Waals surface area contributed by atoms with Gasteiger partial charge in [-0.15, -0.1) is 0 Å². The largest absolute Gasteiger partial charge is 0.457 e. The lowest BCUT2D eigenvalue weighted by atomic mass is 10.2. The van der Waals surface area contributed by atoms with Gasteiger partial charge < -0.3 is 4.74 Å². The fourth-order valence-electron chi connectivity index (χ4n) is 2.91. The second-order valence-electron chi connectivity index (χ2n) is 6.28. The molecule has 8 heteroatoms. The number of hydrogen-bond donors (Lipinski definition) is 0. The number of benzene rings is 2. The highest BCUT2D eigenvalue weighted by Crippen LogP contribution is 2.28. The Balaban J connectivity index is 1.80. The van der Waals surface area contributed by atoms with Crippen LogP contribution in [0, 0.1) is 0 Å². The van der Waals surface area contributed by atoms with Crippen molar-refractivity contribution in [2.45, 2.75) is 30.8 Å². The number of rotatable bonds is 5. The first-order chi connectivity index (χ1) is 12.9. The first kappa shape index (κ1) is 20.1. The second kappa shape index (κ2) is 8.61. The Hall–Kier alpha value is -1.60. The smallest absolute Gasteiger partial charge is 0.338 e. The van der Waals surface area contributed by atoms with Gasteiger partial charge in [0.1, 0.15) is 11.5 Å². The highest BCUT2D eigenvalue weighted by Gasteiger charge is 2.29. The molecule has 144 valence electrons. The van der Waals surface area contributed by atoms with Crippen molar-refractivity contribution in [1.29, 1.82) is 0 Å². The molecule has 0 N–H and O–H groups in total. The normalized spacial score (nSPS) is 15.5. The molecule has 1 aliphatic heterocycles. The zero-order valence-corrected chi connectivity index (χ0v) is 16.9. The lowest BCUT2D eigenvalue weighted by Crippen LogP contribution is -2.35. The van der Waals surface area contributed by atoms with Gasteiger partial charge in [-0.3, -0.25) is 0 Å². The molecule has 2 aromatic carbocycles. The number of esters is 1. The Morgan fingerprint density at radius 1 is 1.00 bits per heavy atom. The maximum absolute atomic E-state index is 12.9. The molecule has 0 bridgehead atoms. The molecule has 0 radical (unpaired) electrons. The van der Waals surface area contributed by atoms with E-state index in [0.717, 1.165) is 19.3 Å². The highest BCUT2D eigenvalue weighted by atomic mass is 35.5. The molecule has 1 saturated heterocycles. The van der Waals surface area contributed by atoms with Crippen molar-refractivity contribution in [1.82, 2.24) is 4.31 Å². The Morgan fingerprint density at radius 3 is 2.41 bits per heavy atom. The summed E-state index contributed by atoms with van der Waals surface area (Å²) in [5, 5.41) is 0.581. The van der Waals surface area contributed by atoms with E-state index >= 15 is 0 Å². The molecule has 0 atom stereocenters. The summed E-state index contributed by atoms with van der Waals surface area (Å²) < 4.78 is 32.4. The lowest BCUT2D eigenvalue weighted by molar-refractivity contribution is 0.0472. The molecule has 0 aromatic heterocycles. The fraction of sp³-hybridized carbons (Fsp3) is 0.316. The average Bonchev–Trinajstić information content (AvgIpc) is 2.68. The maximum atomic E-state index is 12.9. The van der Waals surface area contributed by atoms with Crippen LogP contribution in [-0.2, 0) is 21.4 Å². The third-order valence-electron chi connectivity index (χ3n) is 4.42. The molecule has 0 unspecified atom stereocenters. The van der Waals surface area contributed by atoms with Crippen molar-refractivity contribution < 1.29 is 17.9 Å². The SMILES string of the molecule is O=C(OCc1ccccc1Cl)c1ccc(Cl)c(S(=O)(=O)N2CCCCC2)c1. The Bertz CT molecular complexity index is 940. The van der Waals surface area contributed by atoms with E-state index in [-0.39, 0.29) is 22.1 Å². The van der Waals surface area contributed by atoms with Crippen molar-refractivity contribution in [3.8, 4) is 0 Å². The minimum Gasteiger partial charge on any atom is -0.457 e. The Kier molecular flexibility index (Phi) is 6.42. The van der Waals surface area contributed by atoms with E-state index in [4.69, 9.17) is 27.9 Å². The summed E-state index contributed by atoms with van der Waals surface area (Å²) in [7, 11) is -3.75. The van der Waals surface area contributed by atoms with E-state index in [1.807, 2.05) is 0 Å². The van der Waals surface area contributed by atoms with Gasteiger partial charge in [0.2, 0.25) is 10.0 Å². The van der Waals surface area contributed by atoms with Gasteiger partial charge in [-0.2, -0.15) is 4.31 Å². The van der Waals surface area contributed by atoms with Gasteiger partial charge in [-0.25, -0.2) is 13.2 Å². The Morgan fingerprint density at radius 2 is 1.70 bits per heavy atom. The van der Waals surface area contributed by atoms with Crippen LogP contribution in [0.5, 0.6) is 0 Å². The van der Waals surface area contributed by atoms with Crippen LogP contribution >= 0.6 is 23.2 Å². The van der Waals surface area contributed by atoms with Crippen LogP contribution < -0.4 is 0 Å². The fourth-order valence-corrected chi connectivity index (χ4v) is 5.12. The van der Waals surface area contributed by atoms with E-state index in [1.54, 1.807) is 24.3 Å². The van der Waals surface area contributed by atoms with E-state index in [1.165, 1.54) is 22.5 Å². The van der Waals surface area contributed by atoms with Gasteiger partial charge in [-0.1, -0.05) is 47.8 Å². The van der Waals surface area contributed by atoms with Crippen LogP contribution in [0.15, 0.2) is 47.4 Å². The number of nitrogens with zero attached hydrogens (tertiary/aromatic N) is 1. The topological polar surface area (TPSA) is 63.7 Å². The van der Waals surface area contributed by atoms with Gasteiger partial charge in [0.15, 0.2) is 0 Å². The number of carbonyl (C=O) groups excluding carboxylic acids is 1. The first-order valence-corrected chi connectivity index (χ1v) is 10.8. The van der Waals surface area contributed by atoms with Crippen molar-refractivity contribution in [2.75, 3.05) is 13.1 Å². The molecule has 5 nitrogen and oxygen atoms in total. The third kappa shape index (κ3) is 4.63. The minimum atomic E-state index is -3.75. The molecule has 1 heterocycles. The summed E-state index contributed by atoms with van der Waals surface area (Å²) in [6.45, 7) is 0.912. The molecule has 27 heavy (non-hydrogen) atoms. The molecule has 3 rings (SSSR count). The average molecular weight is 428 g/mol. The number of sulfonamides is 1. The molecule has 0 saturated carbocycles. The lowest BCUT2D eigenvalue weighted by Gasteiger charge is -2.26. The zero-order valence-electron chi connectivity index (χ0n) is 14.5. The van der Waals surface area contributed by atoms with Crippen LogP contribution in [-0.4, -0.2) is 31.8 Å². The third-order valence-corrected chi connectivity index (χ3v) is 7.17. The van der Waals surface area contributed by atoms with Gasteiger partial charge >= 0.3 is 5.97 Å². The summed E-state index contributed by atoms with van der Waals surface area (Å²) in [6.07, 6.45) is 2.64. The molecule has 0 spiro atoms. The highest BCUT2D eigenvalue weighted by molar-refractivity contribution is 7.89. The van der Waals surface area contributed by atoms with E-state index in [0.29, 0.717) is 23.7 Å². The van der Waals surface area contributed by atoms with Crippen LogP contribution in [0.2, 0.25) is 10.0 Å². The number of piperidine rings is 1. The summed E-state index contributed by atoms with van der Waals surface area (Å²) >= 11 is 12.2. The number of ether oxygens (including phenoxy) is 1. The molecule has 2 aromatic rings. The van der Waals surface area contributed by atoms with Gasteiger partial charge in [0.05, 0.1) is 10.6 Å². The van der Waals surface area contributed by atoms with Crippen molar-refractivity contribution in [2.24, 2.45) is 0 Å². The number of halogens is 2. The summed E-state index contributed by atoms with van der Waals surface area (Å²) in [5.41, 5.74) is 0.796. The monoisotopic (exact) mass is 427 g/mol. The van der Waals surface area contributed by atoms with Gasteiger partial charge in [-0.05, 0) is 37.1 Å². The van der Waals surface area contributed by atoms with Gasteiger partial charge in [0.25, 0.3) is 0 Å². The van der Waals surface area contributed by atoms with Crippen molar-refractivity contribution in [3.63, 3.8) is 0 Å². The molecule has 1 fully saturated rings. The number of carbonyl (C=O) groups is 1. The first-order valence-electron chi connectivity index (χ1n) is 8.60. The van der Waals surface area contributed by atoms with Crippen molar-refractivity contribution in [3.05, 3.63) is 63.6 Å². The Labute approximate surface area is 168 Å². The zero-order chi connectivity index (χ0) is 19.4. The standard InChI is InChI=1S/C19H19Cl2NO4S/c20-16-7-3-2-6-15(16)13-26-19(23)14-8-9-17(21)18(12-14)27(24,25)22-10-4-1-5-11-22/h2-3,6-9,12H,1,4-5,10-11,13H2. The molecular formula is C19H19Cl2NO4S. The molecular weight excluding hydrogens is 409 g/mol. The molecule has 0 amide bonds. The number of hydrogen-bond acceptors (Lipinski definition) is 4. The maximum Gasteiger partial charge on any atom is 0.338 e. The van der Waals surface area contributed by atoms with Crippen molar-refractivity contribution >= 4 is 39.2 Å². The quantitative estimate of drug-likeness (QED) is 0.657. The second-order valence-corrected chi connectivity index (χ2v) is 9.00. The predicted molar refractivity (Wildman–Crippen MR) is 105 cm³/mol. The van der Waals surface area contributed by atoms with Crippen LogP contribution in [0.3, 0.4) is 0 Å². The van der Waals surface area contributed by atoms with E-state index < -0.39 is 16.0 Å². The van der Waals surface area contributed by atoms with Crippen LogP contribution in [0.4, 0.5) is 0 Å².